The van der Waals surface area contributed by atoms with E-state index >= 15 is 0 Å². The SMILES string of the molecule is O=C(/C=C/c1ccc(Cl)cc1)N1CCc2c(noc2-c2ccc(Cl)cc2)C1. The number of fused-ring (bicyclic) bond motifs is 1. The van der Waals surface area contributed by atoms with Gasteiger partial charge in [-0.25, -0.2) is 0 Å². The zero-order valence-electron chi connectivity index (χ0n) is 14.4. The van der Waals surface area contributed by atoms with Crippen molar-refractivity contribution in [3.05, 3.63) is 81.5 Å². The van der Waals surface area contributed by atoms with Crippen LogP contribution in [0, 0.1) is 0 Å². The maximum absolute atomic E-state index is 12.5. The molecule has 0 radical (unpaired) electrons. The number of hydrogen-bond donors (Lipinski definition) is 0. The Balaban J connectivity index is 1.48. The van der Waals surface area contributed by atoms with Crippen LogP contribution in [0.1, 0.15) is 16.8 Å². The normalized spacial score (nSPS) is 13.8. The van der Waals surface area contributed by atoms with Crippen molar-refractivity contribution in [3.63, 3.8) is 0 Å². The predicted molar refractivity (Wildman–Crippen MR) is 107 cm³/mol. The molecule has 2 heterocycles. The van der Waals surface area contributed by atoms with Gasteiger partial charge in [-0.1, -0.05) is 40.5 Å². The molecule has 136 valence electrons. The van der Waals surface area contributed by atoms with Crippen LogP contribution in [0.15, 0.2) is 59.1 Å². The molecule has 6 heteroatoms. The molecule has 27 heavy (non-hydrogen) atoms. The zero-order valence-corrected chi connectivity index (χ0v) is 15.9. The molecule has 0 atom stereocenters. The van der Waals surface area contributed by atoms with E-state index in [0.29, 0.717) is 29.6 Å². The molecule has 0 bridgehead atoms. The Morgan fingerprint density at radius 1 is 1.04 bits per heavy atom. The fraction of sp³-hybridized carbons (Fsp3) is 0.143. The van der Waals surface area contributed by atoms with E-state index < -0.39 is 0 Å². The van der Waals surface area contributed by atoms with Gasteiger partial charge in [-0.2, -0.15) is 0 Å². The Morgan fingerprint density at radius 2 is 1.70 bits per heavy atom. The van der Waals surface area contributed by atoms with Gasteiger partial charge in [-0.05, 0) is 54.5 Å². The minimum Gasteiger partial charge on any atom is -0.356 e. The summed E-state index contributed by atoms with van der Waals surface area (Å²) in [6.07, 6.45) is 4.07. The monoisotopic (exact) mass is 398 g/mol. The molecule has 0 saturated heterocycles. The summed E-state index contributed by atoms with van der Waals surface area (Å²) in [5, 5.41) is 5.52. The average Bonchev–Trinajstić information content (AvgIpc) is 3.11. The second-order valence-corrected chi connectivity index (χ2v) is 7.21. The topological polar surface area (TPSA) is 46.3 Å². The molecule has 0 fully saturated rings. The highest BCUT2D eigenvalue weighted by Crippen LogP contribution is 2.31. The number of benzene rings is 2. The average molecular weight is 399 g/mol. The van der Waals surface area contributed by atoms with Crippen molar-refractivity contribution >= 4 is 35.2 Å². The first-order valence-electron chi connectivity index (χ1n) is 8.56. The summed E-state index contributed by atoms with van der Waals surface area (Å²) in [7, 11) is 0. The zero-order chi connectivity index (χ0) is 18.8. The van der Waals surface area contributed by atoms with Crippen molar-refractivity contribution in [2.45, 2.75) is 13.0 Å². The highest BCUT2D eigenvalue weighted by atomic mass is 35.5. The number of hydrogen-bond acceptors (Lipinski definition) is 3. The minimum atomic E-state index is -0.0494. The van der Waals surface area contributed by atoms with E-state index in [1.807, 2.05) is 36.4 Å². The first-order chi connectivity index (χ1) is 13.1. The van der Waals surface area contributed by atoms with Gasteiger partial charge in [0.1, 0.15) is 5.69 Å². The van der Waals surface area contributed by atoms with Gasteiger partial charge < -0.3 is 9.42 Å². The summed E-state index contributed by atoms with van der Waals surface area (Å²) in [6.45, 7) is 1.06. The van der Waals surface area contributed by atoms with E-state index in [9.17, 15) is 4.79 Å². The Labute approximate surface area is 167 Å². The molecule has 0 unspecified atom stereocenters. The number of carbonyl (C=O) groups is 1. The van der Waals surface area contributed by atoms with Crippen LogP contribution in [-0.2, 0) is 17.8 Å². The van der Waals surface area contributed by atoms with Crippen LogP contribution in [0.5, 0.6) is 0 Å². The highest BCUT2D eigenvalue weighted by molar-refractivity contribution is 6.30. The fourth-order valence-corrected chi connectivity index (χ4v) is 3.35. The summed E-state index contributed by atoms with van der Waals surface area (Å²) in [6, 6.07) is 14.8. The third-order valence-electron chi connectivity index (χ3n) is 4.55. The standard InChI is InChI=1S/C21H16Cl2N2O2/c22-16-6-1-14(2-7-16)3-10-20(26)25-12-11-18-19(13-25)24-27-21(18)15-4-8-17(23)9-5-15/h1-10H,11-13H2/b10-3+. The van der Waals surface area contributed by atoms with Gasteiger partial charge in [0.15, 0.2) is 5.76 Å². The maximum Gasteiger partial charge on any atom is 0.246 e. The van der Waals surface area contributed by atoms with Crippen molar-refractivity contribution in [1.29, 1.82) is 0 Å². The van der Waals surface area contributed by atoms with Crippen LogP contribution < -0.4 is 0 Å². The molecule has 1 aromatic heterocycles. The molecule has 0 spiro atoms. The van der Waals surface area contributed by atoms with Crippen LogP contribution in [0.3, 0.4) is 0 Å². The molecule has 3 aromatic rings. The van der Waals surface area contributed by atoms with Crippen LogP contribution in [-0.4, -0.2) is 22.5 Å². The molecule has 1 aliphatic heterocycles. The van der Waals surface area contributed by atoms with Gasteiger partial charge in [0, 0.05) is 33.8 Å². The number of carbonyl (C=O) groups excluding carboxylic acids is 1. The van der Waals surface area contributed by atoms with Crippen LogP contribution >= 0.6 is 23.2 Å². The summed E-state index contributed by atoms with van der Waals surface area (Å²) in [5.41, 5.74) is 3.73. The van der Waals surface area contributed by atoms with E-state index in [1.54, 1.807) is 29.2 Å². The lowest BCUT2D eigenvalue weighted by molar-refractivity contribution is -0.126. The van der Waals surface area contributed by atoms with Crippen LogP contribution in [0.4, 0.5) is 0 Å². The molecule has 1 amide bonds. The first-order valence-corrected chi connectivity index (χ1v) is 9.31. The van der Waals surface area contributed by atoms with Crippen molar-refractivity contribution in [1.82, 2.24) is 10.1 Å². The van der Waals surface area contributed by atoms with Crippen LogP contribution in [0.2, 0.25) is 10.0 Å². The molecule has 1 aliphatic rings. The number of halogens is 2. The van der Waals surface area contributed by atoms with Crippen LogP contribution in [0.25, 0.3) is 17.4 Å². The van der Waals surface area contributed by atoms with Gasteiger partial charge in [0.25, 0.3) is 0 Å². The Morgan fingerprint density at radius 3 is 2.41 bits per heavy atom. The van der Waals surface area contributed by atoms with E-state index in [2.05, 4.69) is 5.16 Å². The molecule has 4 nitrogen and oxygen atoms in total. The Bertz CT molecular complexity index is 992. The second-order valence-electron chi connectivity index (χ2n) is 6.34. The van der Waals surface area contributed by atoms with Gasteiger partial charge in [0.05, 0.1) is 6.54 Å². The second kappa shape index (κ2) is 7.59. The lowest BCUT2D eigenvalue weighted by Crippen LogP contribution is -2.34. The molecule has 4 rings (SSSR count). The summed E-state index contributed by atoms with van der Waals surface area (Å²) in [5.74, 6) is 0.706. The molecule has 0 saturated carbocycles. The van der Waals surface area contributed by atoms with Gasteiger partial charge >= 0.3 is 0 Å². The lowest BCUT2D eigenvalue weighted by Gasteiger charge is -2.24. The Hall–Kier alpha value is -2.56. The molecule has 0 aliphatic carbocycles. The quantitative estimate of drug-likeness (QED) is 0.566. The largest absolute Gasteiger partial charge is 0.356 e. The smallest absolute Gasteiger partial charge is 0.246 e. The number of rotatable bonds is 3. The molecule has 0 N–H and O–H groups in total. The highest BCUT2D eigenvalue weighted by Gasteiger charge is 2.26. The molecular formula is C21H16Cl2N2O2. The van der Waals surface area contributed by atoms with Crippen molar-refractivity contribution < 1.29 is 9.32 Å². The van der Waals surface area contributed by atoms with Crippen molar-refractivity contribution in [3.8, 4) is 11.3 Å². The maximum atomic E-state index is 12.5. The first kappa shape index (κ1) is 17.8. The molecular weight excluding hydrogens is 383 g/mol. The van der Waals surface area contributed by atoms with Crippen molar-refractivity contribution in [2.75, 3.05) is 6.54 Å². The lowest BCUT2D eigenvalue weighted by atomic mass is 10.0. The van der Waals surface area contributed by atoms with Gasteiger partial charge in [-0.15, -0.1) is 0 Å². The van der Waals surface area contributed by atoms with Gasteiger partial charge in [-0.3, -0.25) is 4.79 Å². The van der Waals surface area contributed by atoms with E-state index in [4.69, 9.17) is 27.7 Å². The van der Waals surface area contributed by atoms with Gasteiger partial charge in [0.2, 0.25) is 5.91 Å². The number of amides is 1. The minimum absolute atomic E-state index is 0.0494. The van der Waals surface area contributed by atoms with E-state index in [1.165, 1.54) is 0 Å². The number of nitrogens with zero attached hydrogens (tertiary/aromatic N) is 2. The summed E-state index contributed by atoms with van der Waals surface area (Å²) in [4.78, 5) is 14.3. The van der Waals surface area contributed by atoms with E-state index in [-0.39, 0.29) is 5.91 Å². The molecule has 2 aromatic carbocycles. The van der Waals surface area contributed by atoms with E-state index in [0.717, 1.165) is 28.1 Å². The number of aromatic nitrogens is 1. The summed E-state index contributed by atoms with van der Waals surface area (Å²) >= 11 is 11.8. The predicted octanol–water partition coefficient (Wildman–Crippen LogP) is 5.25. The Kier molecular flexibility index (Phi) is 5.01. The third-order valence-corrected chi connectivity index (χ3v) is 5.05. The summed E-state index contributed by atoms with van der Waals surface area (Å²) < 4.78 is 5.55. The third kappa shape index (κ3) is 3.92. The van der Waals surface area contributed by atoms with Crippen molar-refractivity contribution in [2.24, 2.45) is 0 Å². The fourth-order valence-electron chi connectivity index (χ4n) is 3.09.